The number of fused-ring (bicyclic) bond motifs is 2. The first kappa shape index (κ1) is 22.3. The molecule has 0 aliphatic carbocycles. The number of hydrogen-bond donors (Lipinski definition) is 2. The van der Waals surface area contributed by atoms with Gasteiger partial charge in [0.1, 0.15) is 0 Å². The second-order valence-corrected chi connectivity index (χ2v) is 10.3. The Morgan fingerprint density at radius 3 is 2.77 bits per heavy atom. The first-order valence-corrected chi connectivity index (χ1v) is 13.1. The molecule has 5 heteroatoms. The van der Waals surface area contributed by atoms with E-state index in [1.165, 1.54) is 57.8 Å². The van der Waals surface area contributed by atoms with Crippen molar-refractivity contribution >= 4 is 50.3 Å². The minimum Gasteiger partial charge on any atom is -0.361 e. The average Bonchev–Trinajstić information content (AvgIpc) is 3.50. The van der Waals surface area contributed by atoms with Crippen molar-refractivity contribution in [3.8, 4) is 0 Å². The van der Waals surface area contributed by atoms with Crippen molar-refractivity contribution in [1.82, 2.24) is 14.8 Å². The molecule has 178 valence electrons. The molecule has 2 aliphatic heterocycles. The van der Waals surface area contributed by atoms with Gasteiger partial charge in [0.05, 0.1) is 0 Å². The van der Waals surface area contributed by atoms with Gasteiger partial charge in [-0.2, -0.15) is 0 Å². The van der Waals surface area contributed by atoms with E-state index in [0.29, 0.717) is 6.04 Å². The number of hydrogen-bond acceptors (Lipinski definition) is 2. The fourth-order valence-electron chi connectivity index (χ4n) is 5.68. The first-order valence-electron chi connectivity index (χ1n) is 12.7. The molecule has 1 fully saturated rings. The number of likely N-dealkylation sites (N-methyl/N-ethyl adjacent to an activating group) is 1. The smallest absolute Gasteiger partial charge is 0.173 e. The van der Waals surface area contributed by atoms with Crippen LogP contribution in [0.15, 0.2) is 72.9 Å². The number of likely N-dealkylation sites (tertiary alicyclic amines) is 1. The average molecular weight is 481 g/mol. The van der Waals surface area contributed by atoms with E-state index in [2.05, 4.69) is 100 Å². The number of H-pyrrole nitrogens is 1. The molecule has 1 atom stereocenters. The molecule has 2 aliphatic rings. The predicted octanol–water partition coefficient (Wildman–Crippen LogP) is 6.44. The summed E-state index contributed by atoms with van der Waals surface area (Å²) in [7, 11) is 2.26. The lowest BCUT2D eigenvalue weighted by molar-refractivity contribution is 0.310. The van der Waals surface area contributed by atoms with Crippen LogP contribution in [0.2, 0.25) is 0 Å². The summed E-state index contributed by atoms with van der Waals surface area (Å²) in [4.78, 5) is 8.26. The van der Waals surface area contributed by atoms with Crippen LogP contribution in [-0.4, -0.2) is 52.6 Å². The summed E-state index contributed by atoms with van der Waals surface area (Å²) < 4.78 is 0. The highest BCUT2D eigenvalue weighted by molar-refractivity contribution is 7.80. The van der Waals surface area contributed by atoms with Gasteiger partial charge in [0, 0.05) is 47.3 Å². The van der Waals surface area contributed by atoms with Crippen molar-refractivity contribution < 1.29 is 0 Å². The molecule has 0 bridgehead atoms. The van der Waals surface area contributed by atoms with E-state index in [0.717, 1.165) is 36.7 Å². The van der Waals surface area contributed by atoms with Crippen molar-refractivity contribution in [1.29, 1.82) is 0 Å². The molecule has 0 unspecified atom stereocenters. The lowest BCUT2D eigenvalue weighted by Gasteiger charge is -2.29. The second-order valence-electron chi connectivity index (χ2n) is 9.94. The number of rotatable bonds is 4. The molecule has 0 spiro atoms. The third kappa shape index (κ3) is 4.46. The van der Waals surface area contributed by atoms with E-state index in [-0.39, 0.29) is 0 Å². The topological polar surface area (TPSA) is 34.3 Å². The molecular weight excluding hydrogens is 448 g/mol. The number of aromatic nitrogens is 1. The minimum absolute atomic E-state index is 0.662. The highest BCUT2D eigenvalue weighted by atomic mass is 32.1. The van der Waals surface area contributed by atoms with Gasteiger partial charge in [0.2, 0.25) is 0 Å². The standard InChI is InChI=1S/C30H32N4S/c1-33-15-5-8-25(33)18-24-20-31-28-12-11-23(19-27(24)28)21-13-16-34(17-14-21)30(35)32-29-10-4-7-22-6-2-3-9-26(22)29/h2-4,6-7,9-13,19-20,25,31H,5,8,14-18H2,1H3,(H,32,35)/t25-/m1/s1. The minimum atomic E-state index is 0.662. The highest BCUT2D eigenvalue weighted by Crippen LogP contribution is 2.30. The molecule has 4 aromatic rings. The van der Waals surface area contributed by atoms with E-state index in [4.69, 9.17) is 12.2 Å². The number of anilines is 1. The first-order chi connectivity index (χ1) is 17.2. The third-order valence-electron chi connectivity index (χ3n) is 7.79. The molecule has 4 nitrogen and oxygen atoms in total. The van der Waals surface area contributed by atoms with E-state index in [1.807, 2.05) is 0 Å². The van der Waals surface area contributed by atoms with Crippen molar-refractivity contribution in [3.05, 3.63) is 84.1 Å². The quantitative estimate of drug-likeness (QED) is 0.329. The van der Waals surface area contributed by atoms with E-state index < -0.39 is 0 Å². The van der Waals surface area contributed by atoms with Gasteiger partial charge < -0.3 is 20.1 Å². The van der Waals surface area contributed by atoms with E-state index >= 15 is 0 Å². The largest absolute Gasteiger partial charge is 0.361 e. The molecule has 3 heterocycles. The Morgan fingerprint density at radius 2 is 1.94 bits per heavy atom. The third-order valence-corrected chi connectivity index (χ3v) is 8.15. The number of nitrogens with zero attached hydrogens (tertiary/aromatic N) is 2. The molecular formula is C30H32N4S. The molecule has 1 aromatic heterocycles. The summed E-state index contributed by atoms with van der Waals surface area (Å²) in [5.74, 6) is 0. The maximum atomic E-state index is 5.80. The van der Waals surface area contributed by atoms with E-state index in [9.17, 15) is 0 Å². The fraction of sp³-hybridized carbons (Fsp3) is 0.300. The van der Waals surface area contributed by atoms with Crippen LogP contribution in [0.3, 0.4) is 0 Å². The van der Waals surface area contributed by atoms with Gasteiger partial charge in [-0.25, -0.2) is 0 Å². The second kappa shape index (κ2) is 9.48. The lowest BCUT2D eigenvalue weighted by atomic mass is 9.96. The fourth-order valence-corrected chi connectivity index (χ4v) is 5.96. The summed E-state index contributed by atoms with van der Waals surface area (Å²) in [6.07, 6.45) is 9.30. The maximum Gasteiger partial charge on any atom is 0.173 e. The van der Waals surface area contributed by atoms with Crippen LogP contribution in [0.1, 0.15) is 30.4 Å². The Kier molecular flexibility index (Phi) is 6.05. The normalized spacial score (nSPS) is 18.8. The predicted molar refractivity (Wildman–Crippen MR) is 152 cm³/mol. The Hall–Kier alpha value is -3.15. The van der Waals surface area contributed by atoms with Crippen LogP contribution in [0.4, 0.5) is 5.69 Å². The van der Waals surface area contributed by atoms with Gasteiger partial charge in [-0.3, -0.25) is 0 Å². The summed E-state index contributed by atoms with van der Waals surface area (Å²) in [5, 5.41) is 8.08. The highest BCUT2D eigenvalue weighted by Gasteiger charge is 2.22. The number of thiocarbonyl (C=S) groups is 1. The zero-order valence-electron chi connectivity index (χ0n) is 20.3. The van der Waals surface area contributed by atoms with Crippen LogP contribution >= 0.6 is 12.2 Å². The van der Waals surface area contributed by atoms with Gasteiger partial charge >= 0.3 is 0 Å². The Bertz CT molecular complexity index is 1410. The molecule has 2 N–H and O–H groups in total. The van der Waals surface area contributed by atoms with Crippen molar-refractivity contribution in [2.45, 2.75) is 31.7 Å². The number of benzene rings is 3. The maximum absolute atomic E-state index is 5.80. The van der Waals surface area contributed by atoms with Crippen molar-refractivity contribution in [2.75, 3.05) is 32.0 Å². The van der Waals surface area contributed by atoms with Crippen LogP contribution in [0.25, 0.3) is 27.2 Å². The van der Waals surface area contributed by atoms with Gasteiger partial charge in [0.25, 0.3) is 0 Å². The zero-order chi connectivity index (χ0) is 23.8. The molecule has 6 rings (SSSR count). The number of aromatic amines is 1. The SMILES string of the molecule is CN1CCC[C@@H]1Cc1c[nH]c2ccc(C3=CCN(C(=S)Nc4cccc5ccccc45)CC3)cc12. The van der Waals surface area contributed by atoms with Crippen LogP contribution < -0.4 is 5.32 Å². The van der Waals surface area contributed by atoms with Crippen LogP contribution in [0, 0.1) is 0 Å². The number of nitrogens with one attached hydrogen (secondary N) is 2. The molecule has 1 saturated heterocycles. The zero-order valence-corrected chi connectivity index (χ0v) is 21.1. The van der Waals surface area contributed by atoms with Crippen LogP contribution in [0.5, 0.6) is 0 Å². The summed E-state index contributed by atoms with van der Waals surface area (Å²) in [6.45, 7) is 2.98. The Morgan fingerprint density at radius 1 is 1.06 bits per heavy atom. The van der Waals surface area contributed by atoms with Gasteiger partial charge in [-0.1, -0.05) is 48.5 Å². The van der Waals surface area contributed by atoms with Crippen molar-refractivity contribution in [2.24, 2.45) is 0 Å². The monoisotopic (exact) mass is 480 g/mol. The molecule has 35 heavy (non-hydrogen) atoms. The molecule has 0 amide bonds. The summed E-state index contributed by atoms with van der Waals surface area (Å²) in [5.41, 5.74) is 6.51. The molecule has 0 radical (unpaired) electrons. The summed E-state index contributed by atoms with van der Waals surface area (Å²) in [6, 6.07) is 22.3. The van der Waals surface area contributed by atoms with Gasteiger partial charge in [0.15, 0.2) is 5.11 Å². The Balaban J connectivity index is 1.17. The van der Waals surface area contributed by atoms with E-state index in [1.54, 1.807) is 0 Å². The lowest BCUT2D eigenvalue weighted by Crippen LogP contribution is -2.37. The van der Waals surface area contributed by atoms with Gasteiger partial charge in [-0.15, -0.1) is 0 Å². The van der Waals surface area contributed by atoms with Gasteiger partial charge in [-0.05, 0) is 91.8 Å². The molecule has 3 aromatic carbocycles. The summed E-state index contributed by atoms with van der Waals surface area (Å²) >= 11 is 5.80. The molecule has 0 saturated carbocycles. The van der Waals surface area contributed by atoms with Crippen LogP contribution in [-0.2, 0) is 6.42 Å². The van der Waals surface area contributed by atoms with Crippen molar-refractivity contribution in [3.63, 3.8) is 0 Å². The Labute approximate surface area is 212 Å².